The van der Waals surface area contributed by atoms with Crippen molar-refractivity contribution < 1.29 is 13.2 Å². The van der Waals surface area contributed by atoms with Gasteiger partial charge in [0.1, 0.15) is 0 Å². The molecule has 2 fully saturated rings. The van der Waals surface area contributed by atoms with Crippen LogP contribution in [0.1, 0.15) is 32.6 Å². The molecule has 128 valence electrons. The summed E-state index contributed by atoms with van der Waals surface area (Å²) in [6, 6.07) is 0. The normalized spacial score (nSPS) is 26.0. The lowest BCUT2D eigenvalue weighted by atomic mass is 9.97. The third-order valence-electron chi connectivity index (χ3n) is 4.76. The molecular formula is C15H29N3O3S. The van der Waals surface area contributed by atoms with Crippen LogP contribution in [0.15, 0.2) is 0 Å². The predicted octanol–water partition coefficient (Wildman–Crippen LogP) is 0.506. The zero-order valence-electron chi connectivity index (χ0n) is 13.8. The molecule has 0 saturated carbocycles. The summed E-state index contributed by atoms with van der Waals surface area (Å²) >= 11 is 0. The number of sulfonamides is 1. The zero-order chi connectivity index (χ0) is 16.2. The molecule has 6 nitrogen and oxygen atoms in total. The second-order valence-electron chi connectivity index (χ2n) is 6.78. The van der Waals surface area contributed by atoms with E-state index in [9.17, 15) is 13.2 Å². The summed E-state index contributed by atoms with van der Waals surface area (Å²) in [6.45, 7) is 7.06. The number of carbonyl (C=O) groups excluding carboxylic acids is 1. The fourth-order valence-corrected chi connectivity index (χ4v) is 4.30. The number of amides is 1. The van der Waals surface area contributed by atoms with E-state index in [1.54, 1.807) is 0 Å². The minimum absolute atomic E-state index is 0.0433. The molecule has 1 atom stereocenters. The van der Waals surface area contributed by atoms with Gasteiger partial charge in [-0.1, -0.05) is 6.92 Å². The van der Waals surface area contributed by atoms with Crippen LogP contribution in [-0.4, -0.2) is 69.1 Å². The van der Waals surface area contributed by atoms with Crippen LogP contribution in [0.3, 0.4) is 0 Å². The number of hydrogen-bond acceptors (Lipinski definition) is 4. The molecule has 7 heteroatoms. The van der Waals surface area contributed by atoms with Gasteiger partial charge in [-0.15, -0.1) is 0 Å². The molecule has 0 aromatic rings. The molecule has 1 amide bonds. The highest BCUT2D eigenvalue weighted by atomic mass is 32.2. The number of likely N-dealkylation sites (tertiary alicyclic amines) is 1. The molecule has 0 aromatic heterocycles. The molecule has 2 saturated heterocycles. The highest BCUT2D eigenvalue weighted by Gasteiger charge is 2.28. The molecule has 1 N–H and O–H groups in total. The number of nitrogens with one attached hydrogen (secondary N) is 1. The molecule has 0 aliphatic carbocycles. The molecule has 0 spiro atoms. The fraction of sp³-hybridized carbons (Fsp3) is 0.933. The number of carbonyl (C=O) groups is 1. The molecular weight excluding hydrogens is 302 g/mol. The third kappa shape index (κ3) is 5.21. The van der Waals surface area contributed by atoms with Crippen LogP contribution in [-0.2, 0) is 14.8 Å². The van der Waals surface area contributed by atoms with Crippen molar-refractivity contribution in [3.63, 3.8) is 0 Å². The van der Waals surface area contributed by atoms with E-state index in [0.717, 1.165) is 25.6 Å². The van der Waals surface area contributed by atoms with Gasteiger partial charge >= 0.3 is 0 Å². The number of piperidine rings is 2. The van der Waals surface area contributed by atoms with Gasteiger partial charge in [-0.25, -0.2) is 12.7 Å². The van der Waals surface area contributed by atoms with Gasteiger partial charge in [0.25, 0.3) is 0 Å². The van der Waals surface area contributed by atoms with Gasteiger partial charge in [0.15, 0.2) is 0 Å². The summed E-state index contributed by atoms with van der Waals surface area (Å²) < 4.78 is 24.4. The Labute approximate surface area is 134 Å². The van der Waals surface area contributed by atoms with E-state index in [1.807, 2.05) is 0 Å². The first-order valence-electron chi connectivity index (χ1n) is 8.31. The second-order valence-corrected chi connectivity index (χ2v) is 8.76. The highest BCUT2D eigenvalue weighted by molar-refractivity contribution is 7.88. The molecule has 1 unspecified atom stereocenters. The Balaban J connectivity index is 1.66. The van der Waals surface area contributed by atoms with Crippen molar-refractivity contribution in [3.05, 3.63) is 0 Å². The van der Waals surface area contributed by atoms with Gasteiger partial charge in [-0.3, -0.25) is 4.79 Å². The average Bonchev–Trinajstić information content (AvgIpc) is 2.46. The molecule has 0 bridgehead atoms. The third-order valence-corrected chi connectivity index (χ3v) is 6.07. The Morgan fingerprint density at radius 1 is 1.18 bits per heavy atom. The molecule has 2 heterocycles. The molecule has 2 aliphatic rings. The van der Waals surface area contributed by atoms with Gasteiger partial charge in [-0.05, 0) is 38.1 Å². The Bertz CT molecular complexity index is 472. The minimum Gasteiger partial charge on any atom is -0.355 e. The smallest absolute Gasteiger partial charge is 0.223 e. The van der Waals surface area contributed by atoms with Gasteiger partial charge in [0, 0.05) is 38.6 Å². The lowest BCUT2D eigenvalue weighted by molar-refractivity contribution is -0.126. The maximum absolute atomic E-state index is 12.2. The van der Waals surface area contributed by atoms with E-state index < -0.39 is 10.0 Å². The standard InChI is InChI=1S/C15H29N3O3S/c1-13-4-3-8-17(12-13)11-7-16-15(19)14-5-9-18(10-6-14)22(2,20)21/h13-14H,3-12H2,1-2H3,(H,16,19). The van der Waals surface area contributed by atoms with Crippen LogP contribution in [0.5, 0.6) is 0 Å². The van der Waals surface area contributed by atoms with E-state index in [2.05, 4.69) is 17.1 Å². The monoisotopic (exact) mass is 331 g/mol. The number of nitrogens with zero attached hydrogens (tertiary/aromatic N) is 2. The van der Waals surface area contributed by atoms with Crippen molar-refractivity contribution in [2.75, 3.05) is 45.5 Å². The Kier molecular flexibility index (Phi) is 6.23. The quantitative estimate of drug-likeness (QED) is 0.797. The molecule has 0 aromatic carbocycles. The van der Waals surface area contributed by atoms with E-state index in [1.165, 1.54) is 23.4 Å². The molecule has 0 radical (unpaired) electrons. The van der Waals surface area contributed by atoms with Gasteiger partial charge in [0.2, 0.25) is 15.9 Å². The first-order valence-corrected chi connectivity index (χ1v) is 10.2. The summed E-state index contributed by atoms with van der Waals surface area (Å²) in [5.74, 6) is 0.793. The van der Waals surface area contributed by atoms with E-state index in [0.29, 0.717) is 32.5 Å². The summed E-state index contributed by atoms with van der Waals surface area (Å²) in [7, 11) is -3.12. The van der Waals surface area contributed by atoms with Crippen LogP contribution in [0, 0.1) is 11.8 Å². The summed E-state index contributed by atoms with van der Waals surface area (Å²) in [5, 5.41) is 3.02. The maximum atomic E-state index is 12.2. The molecule has 2 aliphatic heterocycles. The van der Waals surface area contributed by atoms with Crippen LogP contribution in [0.4, 0.5) is 0 Å². The van der Waals surface area contributed by atoms with Crippen molar-refractivity contribution in [2.45, 2.75) is 32.6 Å². The van der Waals surface area contributed by atoms with Crippen molar-refractivity contribution in [3.8, 4) is 0 Å². The van der Waals surface area contributed by atoms with Crippen LogP contribution >= 0.6 is 0 Å². The number of rotatable bonds is 5. The summed E-state index contributed by atoms with van der Waals surface area (Å²) in [5.41, 5.74) is 0. The van der Waals surface area contributed by atoms with Crippen LogP contribution in [0.2, 0.25) is 0 Å². The summed E-state index contributed by atoms with van der Waals surface area (Å²) in [6.07, 6.45) is 5.03. The van der Waals surface area contributed by atoms with Crippen molar-refractivity contribution >= 4 is 15.9 Å². The Hall–Kier alpha value is -0.660. The Morgan fingerprint density at radius 2 is 1.86 bits per heavy atom. The van der Waals surface area contributed by atoms with Gasteiger partial charge in [0.05, 0.1) is 6.26 Å². The average molecular weight is 331 g/mol. The topological polar surface area (TPSA) is 69.7 Å². The van der Waals surface area contributed by atoms with E-state index in [4.69, 9.17) is 0 Å². The van der Waals surface area contributed by atoms with E-state index in [-0.39, 0.29) is 11.8 Å². The largest absolute Gasteiger partial charge is 0.355 e. The number of hydrogen-bond donors (Lipinski definition) is 1. The van der Waals surface area contributed by atoms with Crippen molar-refractivity contribution in [1.29, 1.82) is 0 Å². The van der Waals surface area contributed by atoms with E-state index >= 15 is 0 Å². The second kappa shape index (κ2) is 7.75. The predicted molar refractivity (Wildman–Crippen MR) is 87.0 cm³/mol. The molecule has 2 rings (SSSR count). The van der Waals surface area contributed by atoms with Gasteiger partial charge < -0.3 is 10.2 Å². The first-order chi connectivity index (χ1) is 10.4. The lowest BCUT2D eigenvalue weighted by Gasteiger charge is -2.31. The Morgan fingerprint density at radius 3 is 2.45 bits per heavy atom. The van der Waals surface area contributed by atoms with Crippen molar-refractivity contribution in [2.24, 2.45) is 11.8 Å². The van der Waals surface area contributed by atoms with Crippen molar-refractivity contribution in [1.82, 2.24) is 14.5 Å². The van der Waals surface area contributed by atoms with Gasteiger partial charge in [-0.2, -0.15) is 0 Å². The summed E-state index contributed by atoms with van der Waals surface area (Å²) in [4.78, 5) is 14.6. The van der Waals surface area contributed by atoms with Crippen LogP contribution < -0.4 is 5.32 Å². The van der Waals surface area contributed by atoms with Crippen LogP contribution in [0.25, 0.3) is 0 Å². The first kappa shape index (κ1) is 17.7. The maximum Gasteiger partial charge on any atom is 0.223 e. The SMILES string of the molecule is CC1CCCN(CCNC(=O)C2CCN(S(C)(=O)=O)CC2)C1. The molecule has 22 heavy (non-hydrogen) atoms. The highest BCUT2D eigenvalue weighted by Crippen LogP contribution is 2.19. The lowest BCUT2D eigenvalue weighted by Crippen LogP contribution is -2.45. The minimum atomic E-state index is -3.12. The fourth-order valence-electron chi connectivity index (χ4n) is 3.42. The zero-order valence-corrected chi connectivity index (χ0v) is 14.6.